The number of nitrogens with zero attached hydrogens (tertiary/aromatic N) is 2. The number of benzene rings is 1. The number of ketones is 2. The summed E-state index contributed by atoms with van der Waals surface area (Å²) < 4.78 is 5.09. The third-order valence-electron chi connectivity index (χ3n) is 4.73. The van der Waals surface area contributed by atoms with Crippen LogP contribution in [0.25, 0.3) is 0 Å². The number of likely N-dealkylation sites (N-methyl/N-ethyl adjacent to an activating group) is 1. The van der Waals surface area contributed by atoms with Crippen molar-refractivity contribution in [2.45, 2.75) is 6.10 Å². The van der Waals surface area contributed by atoms with E-state index in [1.807, 2.05) is 0 Å². The van der Waals surface area contributed by atoms with Crippen LogP contribution >= 0.6 is 0 Å². The lowest BCUT2D eigenvalue weighted by Crippen LogP contribution is -2.55. The van der Waals surface area contributed by atoms with Crippen molar-refractivity contribution >= 4 is 17.5 Å². The summed E-state index contributed by atoms with van der Waals surface area (Å²) in [7, 11) is 3.06. The van der Waals surface area contributed by atoms with E-state index < -0.39 is 6.10 Å². The number of carbonyl (C=O) groups is 3. The molecule has 1 amide bonds. The molecule has 1 aliphatic heterocycles. The highest BCUT2D eigenvalue weighted by atomic mass is 16.5. The van der Waals surface area contributed by atoms with Crippen LogP contribution in [0.1, 0.15) is 20.7 Å². The van der Waals surface area contributed by atoms with Gasteiger partial charge < -0.3 is 20.1 Å². The van der Waals surface area contributed by atoms with E-state index in [1.165, 1.54) is 12.0 Å². The van der Waals surface area contributed by atoms with Crippen LogP contribution in [0, 0.1) is 0 Å². The van der Waals surface area contributed by atoms with Crippen molar-refractivity contribution in [3.05, 3.63) is 46.8 Å². The fraction of sp³-hybridized carbons (Fsp3) is 0.421. The SMILES string of the molecule is CNC1=C(N(CCOC)C(=O)CN2CC(O)C2)C(=O)c2ccccc2C1=O. The van der Waals surface area contributed by atoms with Crippen molar-refractivity contribution < 1.29 is 24.2 Å². The molecule has 27 heavy (non-hydrogen) atoms. The second kappa shape index (κ2) is 7.99. The molecular weight excluding hydrogens is 350 g/mol. The van der Waals surface area contributed by atoms with Crippen molar-refractivity contribution in [3.8, 4) is 0 Å². The van der Waals surface area contributed by atoms with Crippen LogP contribution < -0.4 is 5.32 Å². The van der Waals surface area contributed by atoms with Gasteiger partial charge in [0.05, 0.1) is 19.3 Å². The molecule has 0 spiro atoms. The van der Waals surface area contributed by atoms with Crippen molar-refractivity contribution in [2.24, 2.45) is 0 Å². The van der Waals surface area contributed by atoms with Gasteiger partial charge in [-0.1, -0.05) is 24.3 Å². The molecule has 2 N–H and O–H groups in total. The number of nitrogens with one attached hydrogen (secondary N) is 1. The number of ether oxygens (including phenoxy) is 1. The van der Waals surface area contributed by atoms with Crippen LogP contribution in [0.3, 0.4) is 0 Å². The maximum Gasteiger partial charge on any atom is 0.241 e. The fourth-order valence-corrected chi connectivity index (χ4v) is 3.34. The number of amides is 1. The van der Waals surface area contributed by atoms with E-state index in [9.17, 15) is 19.5 Å². The van der Waals surface area contributed by atoms with Gasteiger partial charge in [0, 0.05) is 44.9 Å². The zero-order valence-electron chi connectivity index (χ0n) is 15.4. The summed E-state index contributed by atoms with van der Waals surface area (Å²) in [5.74, 6) is -1.01. The molecule has 0 radical (unpaired) electrons. The second-order valence-corrected chi connectivity index (χ2v) is 6.56. The summed E-state index contributed by atoms with van der Waals surface area (Å²) in [5.41, 5.74) is 0.753. The van der Waals surface area contributed by atoms with Crippen molar-refractivity contribution in [1.29, 1.82) is 0 Å². The smallest absolute Gasteiger partial charge is 0.241 e. The number of allylic oxidation sites excluding steroid dienone is 2. The van der Waals surface area contributed by atoms with Crippen LogP contribution in [0.15, 0.2) is 35.7 Å². The number of aliphatic hydroxyl groups excluding tert-OH is 1. The predicted octanol–water partition coefficient (Wildman–Crippen LogP) is -0.352. The second-order valence-electron chi connectivity index (χ2n) is 6.56. The molecule has 1 aromatic carbocycles. The number of carbonyl (C=O) groups excluding carboxylic acids is 3. The lowest BCUT2D eigenvalue weighted by atomic mass is 9.89. The Labute approximate surface area is 157 Å². The minimum absolute atomic E-state index is 0.0457. The first-order valence-electron chi connectivity index (χ1n) is 8.78. The summed E-state index contributed by atoms with van der Waals surface area (Å²) in [6.07, 6.45) is -0.429. The number of rotatable bonds is 7. The Balaban J connectivity index is 1.97. The molecule has 1 heterocycles. The normalized spacial score (nSPS) is 17.6. The maximum atomic E-state index is 13.1. The van der Waals surface area contributed by atoms with Gasteiger partial charge in [-0.05, 0) is 0 Å². The number of hydrogen-bond acceptors (Lipinski definition) is 7. The van der Waals surface area contributed by atoms with Crippen LogP contribution in [0.5, 0.6) is 0 Å². The van der Waals surface area contributed by atoms with Crippen LogP contribution in [-0.4, -0.2) is 85.4 Å². The van der Waals surface area contributed by atoms with Gasteiger partial charge >= 0.3 is 0 Å². The number of aliphatic hydroxyl groups is 1. The van der Waals surface area contributed by atoms with Gasteiger partial charge in [-0.15, -0.1) is 0 Å². The molecule has 1 aliphatic carbocycles. The van der Waals surface area contributed by atoms with E-state index in [4.69, 9.17) is 4.74 Å². The number of Topliss-reactive ketones (excluding diaryl/α,β-unsaturated/α-hetero) is 2. The Bertz CT molecular complexity index is 798. The highest BCUT2D eigenvalue weighted by Crippen LogP contribution is 2.27. The molecule has 1 fully saturated rings. The van der Waals surface area contributed by atoms with Crippen molar-refractivity contribution in [1.82, 2.24) is 15.1 Å². The van der Waals surface area contributed by atoms with Gasteiger partial charge in [-0.3, -0.25) is 19.3 Å². The Morgan fingerprint density at radius 2 is 1.89 bits per heavy atom. The number of hydrogen-bond donors (Lipinski definition) is 2. The number of β-amino-alcohol motifs (C(OH)–C–C–N with tert-alkyl or cyclic N) is 1. The van der Waals surface area contributed by atoms with Crippen molar-refractivity contribution in [3.63, 3.8) is 0 Å². The molecule has 0 bridgehead atoms. The van der Waals surface area contributed by atoms with Gasteiger partial charge in [0.2, 0.25) is 17.5 Å². The van der Waals surface area contributed by atoms with Gasteiger partial charge in [0.25, 0.3) is 0 Å². The molecular formula is C19H23N3O5. The minimum Gasteiger partial charge on any atom is -0.390 e. The van der Waals surface area contributed by atoms with Crippen LogP contribution in [-0.2, 0) is 9.53 Å². The number of fused-ring (bicyclic) bond motifs is 1. The Morgan fingerprint density at radius 1 is 1.26 bits per heavy atom. The molecule has 0 unspecified atom stereocenters. The summed E-state index contributed by atoms with van der Waals surface area (Å²) in [6.45, 7) is 1.25. The monoisotopic (exact) mass is 373 g/mol. The van der Waals surface area contributed by atoms with E-state index >= 15 is 0 Å². The fourth-order valence-electron chi connectivity index (χ4n) is 3.34. The molecule has 1 aromatic rings. The summed E-state index contributed by atoms with van der Waals surface area (Å²) in [4.78, 5) is 42.0. The highest BCUT2D eigenvalue weighted by molar-refractivity contribution is 6.27. The number of methoxy groups -OCH3 is 1. The zero-order chi connectivity index (χ0) is 19.6. The third kappa shape index (κ3) is 3.64. The van der Waals surface area contributed by atoms with Gasteiger partial charge in [-0.25, -0.2) is 0 Å². The van der Waals surface area contributed by atoms with Crippen LogP contribution in [0.2, 0.25) is 0 Å². The summed E-state index contributed by atoms with van der Waals surface area (Å²) in [5, 5.41) is 12.2. The molecule has 0 aromatic heterocycles. The van der Waals surface area contributed by atoms with E-state index in [1.54, 1.807) is 36.2 Å². The first-order valence-corrected chi connectivity index (χ1v) is 8.78. The van der Waals surface area contributed by atoms with Crippen LogP contribution in [0.4, 0.5) is 0 Å². The summed E-state index contributed by atoms with van der Waals surface area (Å²) in [6, 6.07) is 6.58. The van der Waals surface area contributed by atoms with Gasteiger partial charge in [0.15, 0.2) is 0 Å². The van der Waals surface area contributed by atoms with E-state index in [2.05, 4.69) is 5.32 Å². The Kier molecular flexibility index (Phi) is 5.69. The molecule has 144 valence electrons. The lowest BCUT2D eigenvalue weighted by molar-refractivity contribution is -0.133. The minimum atomic E-state index is -0.429. The Hall–Kier alpha value is -2.55. The predicted molar refractivity (Wildman–Crippen MR) is 97.2 cm³/mol. The number of likely N-dealkylation sites (tertiary alicyclic amines) is 1. The van der Waals surface area contributed by atoms with E-state index in [0.29, 0.717) is 18.7 Å². The molecule has 8 heteroatoms. The van der Waals surface area contributed by atoms with E-state index in [0.717, 1.165) is 0 Å². The highest BCUT2D eigenvalue weighted by Gasteiger charge is 2.37. The topological polar surface area (TPSA) is 99.2 Å². The third-order valence-corrected chi connectivity index (χ3v) is 4.73. The Morgan fingerprint density at radius 3 is 2.44 bits per heavy atom. The van der Waals surface area contributed by atoms with Gasteiger partial charge in [0.1, 0.15) is 11.4 Å². The first kappa shape index (κ1) is 19.2. The molecule has 3 rings (SSSR count). The molecule has 0 saturated carbocycles. The molecule has 2 aliphatic rings. The molecule has 8 nitrogen and oxygen atoms in total. The molecule has 0 atom stereocenters. The average molecular weight is 373 g/mol. The molecule has 1 saturated heterocycles. The van der Waals surface area contributed by atoms with E-state index in [-0.39, 0.29) is 54.1 Å². The zero-order valence-corrected chi connectivity index (χ0v) is 15.4. The maximum absolute atomic E-state index is 13.1. The first-order chi connectivity index (χ1) is 13.0. The standard InChI is InChI=1S/C19H23N3O5/c1-20-16-17(19(26)14-6-4-3-5-13(14)18(16)25)22(7-8-27-2)15(24)11-21-9-12(23)10-21/h3-6,12,20,23H,7-11H2,1-2H3. The quantitative estimate of drug-likeness (QED) is 0.674. The van der Waals surface area contributed by atoms with Crippen molar-refractivity contribution in [2.75, 3.05) is 46.9 Å². The lowest BCUT2D eigenvalue weighted by Gasteiger charge is -2.37. The largest absolute Gasteiger partial charge is 0.390 e. The summed E-state index contributed by atoms with van der Waals surface area (Å²) >= 11 is 0. The van der Waals surface area contributed by atoms with Gasteiger partial charge in [-0.2, -0.15) is 0 Å². The average Bonchev–Trinajstić information content (AvgIpc) is 2.64.